The Bertz CT molecular complexity index is 505. The van der Waals surface area contributed by atoms with Gasteiger partial charge >= 0.3 is 0 Å². The molecular formula is C18H25NO2. The van der Waals surface area contributed by atoms with Gasteiger partial charge in [-0.25, -0.2) is 0 Å². The second kappa shape index (κ2) is 7.61. The van der Waals surface area contributed by atoms with Crippen molar-refractivity contribution in [1.82, 2.24) is 0 Å². The number of benzene rings is 1. The molecule has 3 heteroatoms. The van der Waals surface area contributed by atoms with Gasteiger partial charge in [0.25, 0.3) is 0 Å². The Kier molecular flexibility index (Phi) is 5.81. The number of aliphatic hydroxyl groups is 2. The maximum Gasteiger partial charge on any atom is 0.125 e. The molecule has 0 spiro atoms. The van der Waals surface area contributed by atoms with Crippen molar-refractivity contribution >= 4 is 0 Å². The molecule has 1 aliphatic rings. The van der Waals surface area contributed by atoms with Gasteiger partial charge in [-0.15, -0.1) is 0 Å². The van der Waals surface area contributed by atoms with Gasteiger partial charge in [-0.1, -0.05) is 36.8 Å². The fraction of sp³-hybridized carbons (Fsp3) is 0.556. The van der Waals surface area contributed by atoms with Crippen LogP contribution in [0.4, 0.5) is 0 Å². The Balaban J connectivity index is 2.05. The zero-order valence-electron chi connectivity index (χ0n) is 12.5. The Morgan fingerprint density at radius 1 is 1.19 bits per heavy atom. The molecule has 0 heterocycles. The first kappa shape index (κ1) is 16.0. The number of hydrogen-bond donors (Lipinski definition) is 3. The summed E-state index contributed by atoms with van der Waals surface area (Å²) in [4.78, 5) is 0. The summed E-state index contributed by atoms with van der Waals surface area (Å²) in [7, 11) is 0. The smallest absolute Gasteiger partial charge is 0.125 e. The summed E-state index contributed by atoms with van der Waals surface area (Å²) in [5.74, 6) is 6.19. The molecule has 0 bridgehead atoms. The molecule has 2 rings (SSSR count). The highest BCUT2D eigenvalue weighted by molar-refractivity contribution is 5.39. The highest BCUT2D eigenvalue weighted by Crippen LogP contribution is 2.26. The Hall–Kier alpha value is -1.34. The quantitative estimate of drug-likeness (QED) is 0.454. The minimum atomic E-state index is -0.819. The Morgan fingerprint density at radius 2 is 1.90 bits per heavy atom. The molecular weight excluding hydrogens is 262 g/mol. The normalized spacial score (nSPS) is 19.2. The maximum atomic E-state index is 10.5. The van der Waals surface area contributed by atoms with Crippen molar-refractivity contribution in [2.75, 3.05) is 0 Å². The number of aryl methyl sites for hydroxylation is 1. The van der Waals surface area contributed by atoms with Crippen molar-refractivity contribution in [2.45, 2.75) is 63.2 Å². The van der Waals surface area contributed by atoms with Gasteiger partial charge in [0.1, 0.15) is 11.8 Å². The average molecular weight is 287 g/mol. The molecule has 4 N–H and O–H groups in total. The van der Waals surface area contributed by atoms with Crippen molar-refractivity contribution in [3.63, 3.8) is 0 Å². The molecule has 0 aromatic heterocycles. The lowest BCUT2D eigenvalue weighted by Crippen LogP contribution is -2.25. The van der Waals surface area contributed by atoms with Gasteiger partial charge < -0.3 is 15.9 Å². The summed E-state index contributed by atoms with van der Waals surface area (Å²) in [5, 5.41) is 19.7. The van der Waals surface area contributed by atoms with Gasteiger partial charge in [0.2, 0.25) is 0 Å². The molecule has 1 saturated carbocycles. The topological polar surface area (TPSA) is 66.5 Å². The highest BCUT2D eigenvalue weighted by Gasteiger charge is 2.25. The van der Waals surface area contributed by atoms with E-state index in [9.17, 15) is 5.11 Å². The first-order valence-corrected chi connectivity index (χ1v) is 7.86. The predicted molar refractivity (Wildman–Crippen MR) is 84.5 cm³/mol. The van der Waals surface area contributed by atoms with E-state index in [1.165, 1.54) is 12.8 Å². The number of nitrogens with two attached hydrogens (primary N) is 1. The van der Waals surface area contributed by atoms with Crippen LogP contribution in [-0.4, -0.2) is 22.0 Å². The standard InChI is InChI=1S/C18H25NO2/c19-17(20)9-8-15-6-5-7-16(14-15)10-13-18(21)11-3-1-2-4-12-18/h5-7,14,17,20-21H,1-4,8-9,11-12,19H2. The van der Waals surface area contributed by atoms with Crippen molar-refractivity contribution in [3.8, 4) is 11.8 Å². The molecule has 0 amide bonds. The maximum absolute atomic E-state index is 10.5. The molecule has 1 atom stereocenters. The minimum Gasteiger partial charge on any atom is -0.379 e. The third-order valence-electron chi connectivity index (χ3n) is 4.03. The van der Waals surface area contributed by atoms with E-state index >= 15 is 0 Å². The Morgan fingerprint density at radius 3 is 2.57 bits per heavy atom. The van der Waals surface area contributed by atoms with Crippen LogP contribution >= 0.6 is 0 Å². The molecule has 21 heavy (non-hydrogen) atoms. The summed E-state index contributed by atoms with van der Waals surface area (Å²) in [6, 6.07) is 7.93. The average Bonchev–Trinajstić information content (AvgIpc) is 2.69. The molecule has 1 aromatic rings. The van der Waals surface area contributed by atoms with Crippen LogP contribution in [0.2, 0.25) is 0 Å². The van der Waals surface area contributed by atoms with E-state index < -0.39 is 11.8 Å². The largest absolute Gasteiger partial charge is 0.379 e. The molecule has 0 radical (unpaired) electrons. The highest BCUT2D eigenvalue weighted by atomic mass is 16.3. The second-order valence-electron chi connectivity index (χ2n) is 6.00. The lowest BCUT2D eigenvalue weighted by Gasteiger charge is -2.19. The zero-order valence-corrected chi connectivity index (χ0v) is 12.5. The van der Waals surface area contributed by atoms with Crippen LogP contribution in [-0.2, 0) is 6.42 Å². The summed E-state index contributed by atoms with van der Waals surface area (Å²) in [6.07, 6.45) is 6.56. The first-order valence-electron chi connectivity index (χ1n) is 7.86. The lowest BCUT2D eigenvalue weighted by molar-refractivity contribution is 0.0849. The van der Waals surface area contributed by atoms with Crippen LogP contribution < -0.4 is 5.73 Å². The minimum absolute atomic E-state index is 0.542. The van der Waals surface area contributed by atoms with Gasteiger partial charge in [-0.3, -0.25) is 0 Å². The molecule has 1 unspecified atom stereocenters. The molecule has 0 saturated heterocycles. The molecule has 114 valence electrons. The monoisotopic (exact) mass is 287 g/mol. The lowest BCUT2D eigenvalue weighted by atomic mass is 9.95. The van der Waals surface area contributed by atoms with Crippen LogP contribution in [0.15, 0.2) is 24.3 Å². The SMILES string of the molecule is NC(O)CCc1cccc(C#CC2(O)CCCCCC2)c1. The first-order chi connectivity index (χ1) is 10.1. The van der Waals surface area contributed by atoms with E-state index in [-0.39, 0.29) is 0 Å². The van der Waals surface area contributed by atoms with E-state index in [0.717, 1.165) is 43.2 Å². The molecule has 3 nitrogen and oxygen atoms in total. The fourth-order valence-electron chi connectivity index (χ4n) is 2.75. The van der Waals surface area contributed by atoms with Gasteiger partial charge in [-0.05, 0) is 56.2 Å². The zero-order chi connectivity index (χ0) is 15.1. The molecule has 0 aliphatic heterocycles. The molecule has 1 aliphatic carbocycles. The summed E-state index contributed by atoms with van der Waals surface area (Å²) >= 11 is 0. The fourth-order valence-corrected chi connectivity index (χ4v) is 2.75. The van der Waals surface area contributed by atoms with E-state index in [4.69, 9.17) is 10.8 Å². The van der Waals surface area contributed by atoms with Crippen molar-refractivity contribution < 1.29 is 10.2 Å². The van der Waals surface area contributed by atoms with Gasteiger partial charge in [0.15, 0.2) is 0 Å². The van der Waals surface area contributed by atoms with Crippen molar-refractivity contribution in [1.29, 1.82) is 0 Å². The predicted octanol–water partition coefficient (Wildman–Crippen LogP) is 2.33. The van der Waals surface area contributed by atoms with Crippen LogP contribution in [0, 0.1) is 11.8 Å². The molecule has 1 aromatic carbocycles. The Labute approximate surface area is 127 Å². The van der Waals surface area contributed by atoms with E-state index in [1.807, 2.05) is 24.3 Å². The molecule has 1 fully saturated rings. The van der Waals surface area contributed by atoms with Crippen molar-refractivity contribution in [3.05, 3.63) is 35.4 Å². The number of rotatable bonds is 3. The van der Waals surface area contributed by atoms with Crippen LogP contribution in [0.1, 0.15) is 56.1 Å². The van der Waals surface area contributed by atoms with Gasteiger partial charge in [0, 0.05) is 5.56 Å². The number of hydrogen-bond acceptors (Lipinski definition) is 3. The van der Waals surface area contributed by atoms with E-state index in [0.29, 0.717) is 6.42 Å². The van der Waals surface area contributed by atoms with Gasteiger partial charge in [-0.2, -0.15) is 0 Å². The number of aliphatic hydroxyl groups excluding tert-OH is 1. The van der Waals surface area contributed by atoms with Crippen LogP contribution in [0.3, 0.4) is 0 Å². The van der Waals surface area contributed by atoms with Crippen LogP contribution in [0.5, 0.6) is 0 Å². The van der Waals surface area contributed by atoms with E-state index in [2.05, 4.69) is 11.8 Å². The summed E-state index contributed by atoms with van der Waals surface area (Å²) in [6.45, 7) is 0. The van der Waals surface area contributed by atoms with Gasteiger partial charge in [0.05, 0.1) is 0 Å². The summed E-state index contributed by atoms with van der Waals surface area (Å²) in [5.41, 5.74) is 6.57. The van der Waals surface area contributed by atoms with Crippen molar-refractivity contribution in [2.24, 2.45) is 5.73 Å². The summed E-state index contributed by atoms with van der Waals surface area (Å²) < 4.78 is 0. The van der Waals surface area contributed by atoms with Crippen LogP contribution in [0.25, 0.3) is 0 Å². The second-order valence-corrected chi connectivity index (χ2v) is 6.00. The van der Waals surface area contributed by atoms with E-state index in [1.54, 1.807) is 0 Å². The third kappa shape index (κ3) is 5.51. The third-order valence-corrected chi connectivity index (χ3v) is 4.03.